The van der Waals surface area contributed by atoms with Gasteiger partial charge >= 0.3 is 5.97 Å². The number of thiophene rings is 1. The number of nitrogens with zero attached hydrogens (tertiary/aromatic N) is 3. The molecule has 5 rings (SSSR count). The second-order valence-corrected chi connectivity index (χ2v) is 9.35. The summed E-state index contributed by atoms with van der Waals surface area (Å²) in [7, 11) is 1.70. The molecule has 1 amide bonds. The topological polar surface area (TPSA) is 81.0 Å². The van der Waals surface area contributed by atoms with E-state index in [4.69, 9.17) is 4.74 Å². The van der Waals surface area contributed by atoms with Crippen molar-refractivity contribution < 1.29 is 14.3 Å². The molecule has 1 aromatic carbocycles. The standard InChI is InChI=1S/C23H19N3O4S2/c1-4-30-22(29)16-12(2)24-23-26(18(16)15-10-7-11-31-15)21(28)19(32-23)17-13-8-5-6-9-14(13)25(3)20(17)27/h5-11,18H,4H2,1-3H3. The number of para-hydroxylation sites is 1. The molecule has 32 heavy (non-hydrogen) atoms. The number of carbonyl (C=O) groups excluding carboxylic acids is 2. The van der Waals surface area contributed by atoms with E-state index in [0.717, 1.165) is 16.1 Å². The number of rotatable bonds is 3. The van der Waals surface area contributed by atoms with Crippen LogP contribution in [0.3, 0.4) is 0 Å². The Morgan fingerprint density at radius 2 is 1.97 bits per heavy atom. The molecule has 0 saturated heterocycles. The molecule has 0 spiro atoms. The monoisotopic (exact) mass is 465 g/mol. The van der Waals surface area contributed by atoms with Crippen molar-refractivity contribution in [3.63, 3.8) is 0 Å². The molecule has 0 aliphatic carbocycles. The molecular weight excluding hydrogens is 446 g/mol. The molecule has 0 saturated carbocycles. The van der Waals surface area contributed by atoms with Crippen molar-refractivity contribution in [3.05, 3.63) is 83.2 Å². The Labute approximate surface area is 191 Å². The SMILES string of the molecule is CCOC(=O)C1=C(C)N=c2sc(=C3C(=O)N(C)c4ccccc43)c(=O)n2C1c1cccs1. The van der Waals surface area contributed by atoms with Crippen LogP contribution < -0.4 is 19.8 Å². The van der Waals surface area contributed by atoms with Gasteiger partial charge in [0.25, 0.3) is 11.5 Å². The lowest BCUT2D eigenvalue weighted by Gasteiger charge is -2.23. The van der Waals surface area contributed by atoms with Crippen LogP contribution in [0.2, 0.25) is 0 Å². The van der Waals surface area contributed by atoms with Gasteiger partial charge in [0.2, 0.25) is 0 Å². The number of thiazole rings is 1. The maximum Gasteiger partial charge on any atom is 0.338 e. The number of fused-ring (bicyclic) bond motifs is 2. The van der Waals surface area contributed by atoms with Crippen molar-refractivity contribution in [1.82, 2.24) is 4.57 Å². The van der Waals surface area contributed by atoms with Crippen LogP contribution in [0.25, 0.3) is 5.57 Å². The fraction of sp³-hybridized carbons (Fsp3) is 0.217. The largest absolute Gasteiger partial charge is 0.463 e. The van der Waals surface area contributed by atoms with Crippen LogP contribution in [0.4, 0.5) is 5.69 Å². The van der Waals surface area contributed by atoms with Crippen LogP contribution in [0.15, 0.2) is 62.8 Å². The first-order valence-electron chi connectivity index (χ1n) is 10.1. The molecule has 1 atom stereocenters. The number of hydrogen-bond acceptors (Lipinski definition) is 7. The zero-order valence-electron chi connectivity index (χ0n) is 17.6. The number of benzene rings is 1. The minimum atomic E-state index is -0.649. The van der Waals surface area contributed by atoms with Crippen molar-refractivity contribution in [1.29, 1.82) is 0 Å². The van der Waals surface area contributed by atoms with Crippen molar-refractivity contribution in [3.8, 4) is 0 Å². The van der Waals surface area contributed by atoms with E-state index in [-0.39, 0.29) is 18.1 Å². The van der Waals surface area contributed by atoms with Gasteiger partial charge in [-0.2, -0.15) is 0 Å². The molecule has 0 bridgehead atoms. The molecule has 1 unspecified atom stereocenters. The molecule has 162 valence electrons. The number of esters is 1. The smallest absolute Gasteiger partial charge is 0.338 e. The number of hydrogen-bond donors (Lipinski definition) is 0. The first kappa shape index (κ1) is 20.6. The third-order valence-electron chi connectivity index (χ3n) is 5.59. The Morgan fingerprint density at radius 3 is 2.69 bits per heavy atom. The summed E-state index contributed by atoms with van der Waals surface area (Å²) in [4.78, 5) is 47.1. The van der Waals surface area contributed by atoms with Crippen LogP contribution in [0.5, 0.6) is 0 Å². The summed E-state index contributed by atoms with van der Waals surface area (Å²) in [5.74, 6) is -0.724. The number of anilines is 1. The van der Waals surface area contributed by atoms with Crippen LogP contribution in [-0.4, -0.2) is 30.1 Å². The molecule has 4 heterocycles. The maximum absolute atomic E-state index is 13.8. The number of likely N-dealkylation sites (N-methyl/N-ethyl adjacent to an activating group) is 1. The van der Waals surface area contributed by atoms with E-state index >= 15 is 0 Å². The van der Waals surface area contributed by atoms with Crippen molar-refractivity contribution in [2.45, 2.75) is 19.9 Å². The van der Waals surface area contributed by atoms with E-state index in [1.54, 1.807) is 25.8 Å². The van der Waals surface area contributed by atoms with Crippen LogP contribution >= 0.6 is 22.7 Å². The van der Waals surface area contributed by atoms with Gasteiger partial charge in [-0.05, 0) is 31.4 Å². The highest BCUT2D eigenvalue weighted by atomic mass is 32.1. The van der Waals surface area contributed by atoms with Crippen LogP contribution in [-0.2, 0) is 14.3 Å². The summed E-state index contributed by atoms with van der Waals surface area (Å²) in [5, 5.41) is 1.90. The molecular formula is C23H19N3O4S2. The zero-order chi connectivity index (χ0) is 22.6. The van der Waals surface area contributed by atoms with Gasteiger partial charge in [0.15, 0.2) is 4.80 Å². The fourth-order valence-corrected chi connectivity index (χ4v) is 6.11. The molecule has 3 aromatic rings. The summed E-state index contributed by atoms with van der Waals surface area (Å²) >= 11 is 2.63. The number of carbonyl (C=O) groups is 2. The first-order valence-corrected chi connectivity index (χ1v) is 11.8. The Morgan fingerprint density at radius 1 is 1.19 bits per heavy atom. The summed E-state index contributed by atoms with van der Waals surface area (Å²) in [5.41, 5.74) is 2.37. The van der Waals surface area contributed by atoms with Crippen molar-refractivity contribution in [2.75, 3.05) is 18.6 Å². The van der Waals surface area contributed by atoms with E-state index in [1.807, 2.05) is 41.8 Å². The molecule has 2 aliphatic heterocycles. The Bertz CT molecular complexity index is 1480. The summed E-state index contributed by atoms with van der Waals surface area (Å²) < 4.78 is 7.13. The highest BCUT2D eigenvalue weighted by molar-refractivity contribution is 7.10. The highest BCUT2D eigenvalue weighted by Gasteiger charge is 2.36. The number of allylic oxidation sites excluding steroid dienone is 1. The van der Waals surface area contributed by atoms with Gasteiger partial charge in [0, 0.05) is 17.5 Å². The van der Waals surface area contributed by atoms with Gasteiger partial charge in [-0.15, -0.1) is 11.3 Å². The minimum absolute atomic E-state index is 0.221. The number of ether oxygens (including phenoxy) is 1. The van der Waals surface area contributed by atoms with Crippen molar-refractivity contribution >= 4 is 45.8 Å². The molecule has 0 fully saturated rings. The lowest BCUT2D eigenvalue weighted by atomic mass is 10.0. The van der Waals surface area contributed by atoms with Gasteiger partial charge in [-0.3, -0.25) is 14.2 Å². The number of amides is 1. The zero-order valence-corrected chi connectivity index (χ0v) is 19.3. The molecule has 7 nitrogen and oxygen atoms in total. The average molecular weight is 466 g/mol. The predicted octanol–water partition coefficient (Wildman–Crippen LogP) is 2.21. The predicted molar refractivity (Wildman–Crippen MR) is 124 cm³/mol. The van der Waals surface area contributed by atoms with Crippen LogP contribution in [0.1, 0.15) is 30.3 Å². The Balaban J connectivity index is 1.83. The minimum Gasteiger partial charge on any atom is -0.463 e. The molecule has 2 aromatic heterocycles. The molecule has 0 N–H and O–H groups in total. The summed E-state index contributed by atoms with van der Waals surface area (Å²) in [6.07, 6.45) is 0. The lowest BCUT2D eigenvalue weighted by molar-refractivity contribution is -0.139. The Hall–Kier alpha value is -3.30. The first-order chi connectivity index (χ1) is 15.4. The summed E-state index contributed by atoms with van der Waals surface area (Å²) in [6.45, 7) is 3.71. The molecule has 9 heteroatoms. The van der Waals surface area contributed by atoms with Gasteiger partial charge in [0.05, 0.1) is 29.1 Å². The molecule has 2 aliphatic rings. The van der Waals surface area contributed by atoms with E-state index < -0.39 is 12.0 Å². The Kier molecular flexibility index (Phi) is 4.94. The van der Waals surface area contributed by atoms with Gasteiger partial charge in [-0.25, -0.2) is 9.79 Å². The molecule has 0 radical (unpaired) electrons. The second kappa shape index (κ2) is 7.68. The second-order valence-electron chi connectivity index (χ2n) is 7.39. The van der Waals surface area contributed by atoms with Gasteiger partial charge < -0.3 is 9.64 Å². The fourth-order valence-electron chi connectivity index (χ4n) is 4.15. The van der Waals surface area contributed by atoms with Gasteiger partial charge in [-0.1, -0.05) is 35.6 Å². The highest BCUT2D eigenvalue weighted by Crippen LogP contribution is 2.35. The third kappa shape index (κ3) is 2.92. The van der Waals surface area contributed by atoms with E-state index in [0.29, 0.717) is 26.2 Å². The van der Waals surface area contributed by atoms with Crippen molar-refractivity contribution in [2.24, 2.45) is 4.99 Å². The van der Waals surface area contributed by atoms with E-state index in [1.165, 1.54) is 27.2 Å². The normalized spacial score (nSPS) is 19.0. The quantitative estimate of drug-likeness (QED) is 0.556. The van der Waals surface area contributed by atoms with Gasteiger partial charge in [0.1, 0.15) is 10.6 Å². The third-order valence-corrected chi connectivity index (χ3v) is 7.56. The maximum atomic E-state index is 13.8. The van der Waals surface area contributed by atoms with E-state index in [9.17, 15) is 14.4 Å². The number of aromatic nitrogens is 1. The van der Waals surface area contributed by atoms with Crippen LogP contribution in [0, 0.1) is 0 Å². The average Bonchev–Trinajstić information content (AvgIpc) is 3.47. The lowest BCUT2D eigenvalue weighted by Crippen LogP contribution is -2.40. The summed E-state index contributed by atoms with van der Waals surface area (Å²) in [6, 6.07) is 10.5. The van der Waals surface area contributed by atoms with E-state index in [2.05, 4.69) is 4.99 Å².